The molecule has 0 fully saturated rings. The highest BCUT2D eigenvalue weighted by Gasteiger charge is 2.13. The third-order valence-electron chi connectivity index (χ3n) is 3.27. The van der Waals surface area contributed by atoms with E-state index in [1.807, 2.05) is 0 Å². The molecular formula is C14H13N5O3. The van der Waals surface area contributed by atoms with Crippen LogP contribution < -0.4 is 11.3 Å². The topological polar surface area (TPSA) is 105 Å². The number of methoxy groups -OCH3 is 1. The Bertz CT molecular complexity index is 941. The highest BCUT2D eigenvalue weighted by atomic mass is 16.5. The number of pyridine rings is 2. The van der Waals surface area contributed by atoms with Gasteiger partial charge in [0.05, 0.1) is 12.7 Å². The number of aromatic nitrogens is 4. The van der Waals surface area contributed by atoms with Gasteiger partial charge in [0.1, 0.15) is 0 Å². The molecule has 22 heavy (non-hydrogen) atoms. The number of carbonyl (C=O) groups excluding carboxylic acids is 1. The Hall–Kier alpha value is -3.16. The predicted octanol–water partition coefficient (Wildman–Crippen LogP) is 0.464. The predicted molar refractivity (Wildman–Crippen MR) is 79.4 cm³/mol. The summed E-state index contributed by atoms with van der Waals surface area (Å²) in [6.45, 7) is 0. The molecule has 3 heterocycles. The summed E-state index contributed by atoms with van der Waals surface area (Å²) < 4.78 is 7.54. The number of nitrogens with two attached hydrogens (primary N) is 1. The normalized spacial score (nSPS) is 10.8. The van der Waals surface area contributed by atoms with Crippen LogP contribution in [0.2, 0.25) is 0 Å². The van der Waals surface area contributed by atoms with E-state index in [-0.39, 0.29) is 11.5 Å². The molecule has 3 rings (SSSR count). The summed E-state index contributed by atoms with van der Waals surface area (Å²) in [7, 11) is 2.87. The van der Waals surface area contributed by atoms with Gasteiger partial charge in [-0.15, -0.1) is 5.10 Å². The lowest BCUT2D eigenvalue weighted by molar-refractivity contribution is 0.0600. The van der Waals surface area contributed by atoms with Gasteiger partial charge in [0, 0.05) is 25.0 Å². The van der Waals surface area contributed by atoms with E-state index in [9.17, 15) is 9.59 Å². The Labute approximate surface area is 124 Å². The minimum atomic E-state index is -0.510. The van der Waals surface area contributed by atoms with Crippen LogP contribution >= 0.6 is 0 Å². The maximum Gasteiger partial charge on any atom is 0.339 e. The van der Waals surface area contributed by atoms with Crippen LogP contribution in [0.4, 0.5) is 5.95 Å². The van der Waals surface area contributed by atoms with Crippen LogP contribution in [0.1, 0.15) is 10.4 Å². The lowest BCUT2D eigenvalue weighted by Gasteiger charge is -2.07. The minimum Gasteiger partial charge on any atom is -0.465 e. The van der Waals surface area contributed by atoms with E-state index in [1.54, 1.807) is 25.4 Å². The van der Waals surface area contributed by atoms with Crippen molar-refractivity contribution < 1.29 is 9.53 Å². The largest absolute Gasteiger partial charge is 0.465 e. The molecule has 0 amide bonds. The molecule has 0 aliphatic heterocycles. The molecule has 0 radical (unpaired) electrons. The standard InChI is InChI=1S/C14H13N5O3/c1-18-7-9(13(21)22-2)5-10(12(18)20)8-3-4-19-11(6-8)16-14(15)17-19/h3-7H,1-2H3,(H2,15,17). The molecule has 0 aromatic carbocycles. The first kappa shape index (κ1) is 13.8. The van der Waals surface area contributed by atoms with Gasteiger partial charge >= 0.3 is 5.97 Å². The van der Waals surface area contributed by atoms with Crippen molar-refractivity contribution in [1.82, 2.24) is 19.2 Å². The average Bonchev–Trinajstić information content (AvgIpc) is 2.88. The third-order valence-corrected chi connectivity index (χ3v) is 3.27. The molecule has 2 N–H and O–H groups in total. The number of nitrogen functional groups attached to an aromatic ring is 1. The fourth-order valence-corrected chi connectivity index (χ4v) is 2.21. The van der Waals surface area contributed by atoms with Gasteiger partial charge in [0.2, 0.25) is 5.95 Å². The zero-order valence-electron chi connectivity index (χ0n) is 12.0. The lowest BCUT2D eigenvalue weighted by atomic mass is 10.1. The molecule has 3 aromatic rings. The molecule has 0 saturated heterocycles. The zero-order chi connectivity index (χ0) is 15.9. The number of fused-ring (bicyclic) bond motifs is 1. The summed E-state index contributed by atoms with van der Waals surface area (Å²) in [4.78, 5) is 28.1. The molecule has 0 unspecified atom stereocenters. The molecule has 8 nitrogen and oxygen atoms in total. The molecule has 3 aromatic heterocycles. The van der Waals surface area contributed by atoms with Gasteiger partial charge in [0.15, 0.2) is 5.65 Å². The van der Waals surface area contributed by atoms with Gasteiger partial charge in [0.25, 0.3) is 5.56 Å². The molecular weight excluding hydrogens is 286 g/mol. The van der Waals surface area contributed by atoms with Crippen LogP contribution in [0.3, 0.4) is 0 Å². The first-order valence-corrected chi connectivity index (χ1v) is 6.41. The number of hydrogen-bond donors (Lipinski definition) is 1. The third kappa shape index (κ3) is 2.20. The number of aryl methyl sites for hydroxylation is 1. The molecule has 0 aliphatic rings. The maximum absolute atomic E-state index is 12.3. The van der Waals surface area contributed by atoms with E-state index in [1.165, 1.54) is 28.5 Å². The summed E-state index contributed by atoms with van der Waals surface area (Å²) >= 11 is 0. The number of hydrogen-bond acceptors (Lipinski definition) is 6. The van der Waals surface area contributed by atoms with Gasteiger partial charge in [-0.2, -0.15) is 4.98 Å². The van der Waals surface area contributed by atoms with E-state index in [0.717, 1.165) is 0 Å². The van der Waals surface area contributed by atoms with E-state index >= 15 is 0 Å². The summed E-state index contributed by atoms with van der Waals surface area (Å²) in [6.07, 6.45) is 3.09. The summed E-state index contributed by atoms with van der Waals surface area (Å²) in [5.74, 6) is -0.363. The molecule has 0 bridgehead atoms. The zero-order valence-corrected chi connectivity index (χ0v) is 12.0. The summed E-state index contributed by atoms with van der Waals surface area (Å²) in [6, 6.07) is 4.89. The van der Waals surface area contributed by atoms with Gasteiger partial charge in [-0.25, -0.2) is 9.31 Å². The number of nitrogens with zero attached hydrogens (tertiary/aromatic N) is 4. The Balaban J connectivity index is 2.22. The summed E-state index contributed by atoms with van der Waals surface area (Å²) in [5.41, 5.74) is 7.11. The summed E-state index contributed by atoms with van der Waals surface area (Å²) in [5, 5.41) is 3.97. The molecule has 0 spiro atoms. The van der Waals surface area contributed by atoms with Crippen LogP contribution in [0.5, 0.6) is 0 Å². The van der Waals surface area contributed by atoms with E-state index in [2.05, 4.69) is 10.1 Å². The molecule has 0 atom stereocenters. The van der Waals surface area contributed by atoms with Gasteiger partial charge in [-0.1, -0.05) is 0 Å². The number of esters is 1. The van der Waals surface area contributed by atoms with E-state index in [0.29, 0.717) is 22.3 Å². The number of anilines is 1. The van der Waals surface area contributed by atoms with Crippen LogP contribution in [-0.4, -0.2) is 32.2 Å². The van der Waals surface area contributed by atoms with Crippen molar-refractivity contribution in [3.05, 3.63) is 46.5 Å². The average molecular weight is 299 g/mol. The highest BCUT2D eigenvalue weighted by molar-refractivity contribution is 5.90. The monoisotopic (exact) mass is 299 g/mol. The Kier molecular flexibility index (Phi) is 3.13. The van der Waals surface area contributed by atoms with Crippen LogP contribution in [0.25, 0.3) is 16.8 Å². The van der Waals surface area contributed by atoms with Crippen LogP contribution in [0.15, 0.2) is 35.4 Å². The number of carbonyl (C=O) groups is 1. The van der Waals surface area contributed by atoms with Crippen molar-refractivity contribution in [2.45, 2.75) is 0 Å². The molecule has 112 valence electrons. The quantitative estimate of drug-likeness (QED) is 0.689. The number of ether oxygens (including phenoxy) is 1. The maximum atomic E-state index is 12.3. The smallest absolute Gasteiger partial charge is 0.339 e. The minimum absolute atomic E-state index is 0.147. The Morgan fingerprint density at radius 1 is 1.36 bits per heavy atom. The van der Waals surface area contributed by atoms with Crippen molar-refractivity contribution in [3.8, 4) is 11.1 Å². The van der Waals surface area contributed by atoms with Gasteiger partial charge < -0.3 is 15.0 Å². The fraction of sp³-hybridized carbons (Fsp3) is 0.143. The second-order valence-electron chi connectivity index (χ2n) is 4.74. The van der Waals surface area contributed by atoms with Crippen LogP contribution in [-0.2, 0) is 11.8 Å². The van der Waals surface area contributed by atoms with Crippen LogP contribution in [0, 0.1) is 0 Å². The highest BCUT2D eigenvalue weighted by Crippen LogP contribution is 2.19. The van der Waals surface area contributed by atoms with E-state index < -0.39 is 5.97 Å². The molecule has 0 saturated carbocycles. The molecule has 0 aliphatic carbocycles. The first-order valence-electron chi connectivity index (χ1n) is 6.41. The first-order chi connectivity index (χ1) is 10.5. The van der Waals surface area contributed by atoms with Crippen molar-refractivity contribution in [2.24, 2.45) is 7.05 Å². The van der Waals surface area contributed by atoms with E-state index in [4.69, 9.17) is 10.5 Å². The SMILES string of the molecule is COC(=O)c1cc(-c2ccn3nc(N)nc3c2)c(=O)n(C)c1. The Morgan fingerprint density at radius 2 is 2.14 bits per heavy atom. The van der Waals surface area contributed by atoms with Gasteiger partial charge in [-0.3, -0.25) is 4.79 Å². The lowest BCUT2D eigenvalue weighted by Crippen LogP contribution is -2.20. The Morgan fingerprint density at radius 3 is 2.86 bits per heavy atom. The van der Waals surface area contributed by atoms with Crippen molar-refractivity contribution in [1.29, 1.82) is 0 Å². The molecule has 8 heteroatoms. The second kappa shape index (κ2) is 4.99. The number of rotatable bonds is 2. The fourth-order valence-electron chi connectivity index (χ4n) is 2.21. The second-order valence-corrected chi connectivity index (χ2v) is 4.74. The van der Waals surface area contributed by atoms with Crippen molar-refractivity contribution in [2.75, 3.05) is 12.8 Å². The van der Waals surface area contributed by atoms with Crippen molar-refractivity contribution >= 4 is 17.6 Å². The van der Waals surface area contributed by atoms with Crippen molar-refractivity contribution in [3.63, 3.8) is 0 Å². The van der Waals surface area contributed by atoms with Gasteiger partial charge in [-0.05, 0) is 23.8 Å².